The highest BCUT2D eigenvalue weighted by molar-refractivity contribution is 7.07. The van der Waals surface area contributed by atoms with Crippen molar-refractivity contribution in [2.45, 2.75) is 32.4 Å². The summed E-state index contributed by atoms with van der Waals surface area (Å²) in [6.45, 7) is 2.65. The van der Waals surface area contributed by atoms with Crippen LogP contribution in [-0.2, 0) is 11.3 Å². The third-order valence-electron chi connectivity index (χ3n) is 2.86. The van der Waals surface area contributed by atoms with Gasteiger partial charge in [0.2, 0.25) is 5.91 Å². The Hall–Kier alpha value is -0.540. The van der Waals surface area contributed by atoms with Gasteiger partial charge in [-0.15, -0.1) is 11.6 Å². The van der Waals surface area contributed by atoms with Gasteiger partial charge in [0.25, 0.3) is 0 Å². The van der Waals surface area contributed by atoms with Crippen molar-refractivity contribution in [3.05, 3.63) is 22.4 Å². The molecule has 0 bridgehead atoms. The number of alkyl halides is 1. The van der Waals surface area contributed by atoms with Gasteiger partial charge < -0.3 is 4.90 Å². The lowest BCUT2D eigenvalue weighted by atomic mass is 10.1. The first-order valence-electron chi connectivity index (χ1n) is 5.60. The molecule has 0 radical (unpaired) electrons. The predicted octanol–water partition coefficient (Wildman–Crippen LogP) is 3.11. The Balaban J connectivity index is 2.02. The Morgan fingerprint density at radius 3 is 2.94 bits per heavy atom. The number of nitrogens with zero attached hydrogens (tertiary/aromatic N) is 1. The van der Waals surface area contributed by atoms with Gasteiger partial charge in [-0.2, -0.15) is 11.3 Å². The van der Waals surface area contributed by atoms with Crippen LogP contribution >= 0.6 is 22.9 Å². The van der Waals surface area contributed by atoms with E-state index in [1.54, 1.807) is 11.3 Å². The minimum Gasteiger partial charge on any atom is -0.335 e. The Kier molecular flexibility index (Phi) is 3.87. The SMILES string of the molecule is CC(CCl)C(=O)N(Cc1ccsc1)C1CC1. The lowest BCUT2D eigenvalue weighted by Crippen LogP contribution is -2.36. The second kappa shape index (κ2) is 5.19. The lowest BCUT2D eigenvalue weighted by Gasteiger charge is -2.24. The van der Waals surface area contributed by atoms with Crippen molar-refractivity contribution in [2.24, 2.45) is 5.92 Å². The molecule has 1 heterocycles. The monoisotopic (exact) mass is 257 g/mol. The van der Waals surface area contributed by atoms with Crippen molar-refractivity contribution in [3.8, 4) is 0 Å². The van der Waals surface area contributed by atoms with Crippen molar-refractivity contribution in [1.29, 1.82) is 0 Å². The van der Waals surface area contributed by atoms with Crippen LogP contribution in [0.3, 0.4) is 0 Å². The number of hydrogen-bond acceptors (Lipinski definition) is 2. The maximum Gasteiger partial charge on any atom is 0.227 e. The highest BCUT2D eigenvalue weighted by atomic mass is 35.5. The van der Waals surface area contributed by atoms with Crippen LogP contribution < -0.4 is 0 Å². The molecular weight excluding hydrogens is 242 g/mol. The summed E-state index contributed by atoms with van der Waals surface area (Å²) in [4.78, 5) is 14.1. The Bertz CT molecular complexity index is 348. The molecule has 2 nitrogen and oxygen atoms in total. The minimum atomic E-state index is -0.0686. The Morgan fingerprint density at radius 1 is 1.69 bits per heavy atom. The summed E-state index contributed by atoms with van der Waals surface area (Å²) >= 11 is 7.43. The van der Waals surface area contributed by atoms with Crippen LogP contribution in [0.25, 0.3) is 0 Å². The summed E-state index contributed by atoms with van der Waals surface area (Å²) in [5.41, 5.74) is 1.23. The molecule has 2 rings (SSSR count). The molecule has 1 fully saturated rings. The van der Waals surface area contributed by atoms with Crippen LogP contribution in [0, 0.1) is 5.92 Å². The van der Waals surface area contributed by atoms with Gasteiger partial charge >= 0.3 is 0 Å². The van der Waals surface area contributed by atoms with E-state index >= 15 is 0 Å². The Morgan fingerprint density at radius 2 is 2.44 bits per heavy atom. The van der Waals surface area contributed by atoms with Gasteiger partial charge in [0.1, 0.15) is 0 Å². The number of thiophene rings is 1. The zero-order chi connectivity index (χ0) is 11.5. The fraction of sp³-hybridized carbons (Fsp3) is 0.583. The molecule has 88 valence electrons. The first kappa shape index (κ1) is 11.9. The summed E-state index contributed by atoms with van der Waals surface area (Å²) in [6, 6.07) is 2.54. The molecule has 1 aliphatic carbocycles. The molecule has 0 spiro atoms. The topological polar surface area (TPSA) is 20.3 Å². The smallest absolute Gasteiger partial charge is 0.227 e. The van der Waals surface area contributed by atoms with E-state index in [1.807, 2.05) is 11.8 Å². The molecule has 4 heteroatoms. The van der Waals surface area contributed by atoms with E-state index in [1.165, 1.54) is 5.56 Å². The number of carbonyl (C=O) groups is 1. The maximum atomic E-state index is 12.1. The highest BCUT2D eigenvalue weighted by Gasteiger charge is 2.34. The zero-order valence-electron chi connectivity index (χ0n) is 9.36. The van der Waals surface area contributed by atoms with Crippen LogP contribution in [0.15, 0.2) is 16.8 Å². The minimum absolute atomic E-state index is 0.0686. The molecule has 1 amide bonds. The molecule has 0 N–H and O–H groups in total. The molecule has 1 aromatic heterocycles. The predicted molar refractivity (Wildman–Crippen MR) is 67.8 cm³/mol. The van der Waals surface area contributed by atoms with Crippen LogP contribution in [0.1, 0.15) is 25.3 Å². The third-order valence-corrected chi connectivity index (χ3v) is 4.05. The maximum absolute atomic E-state index is 12.1. The molecule has 0 aromatic carbocycles. The summed E-state index contributed by atoms with van der Waals surface area (Å²) in [5, 5.41) is 4.16. The number of carbonyl (C=O) groups excluding carboxylic acids is 1. The standard InChI is InChI=1S/C12H16ClNOS/c1-9(6-13)12(15)14(11-2-3-11)7-10-4-5-16-8-10/h4-5,8-9,11H,2-3,6-7H2,1H3. The summed E-state index contributed by atoms with van der Waals surface area (Å²) in [7, 11) is 0. The molecule has 0 saturated heterocycles. The van der Waals surface area contributed by atoms with Crippen LogP contribution in [0.2, 0.25) is 0 Å². The molecule has 0 aliphatic heterocycles. The second-order valence-corrected chi connectivity index (χ2v) is 5.47. The highest BCUT2D eigenvalue weighted by Crippen LogP contribution is 2.30. The largest absolute Gasteiger partial charge is 0.335 e. The molecule has 1 unspecified atom stereocenters. The van der Waals surface area contributed by atoms with Crippen LogP contribution in [0.4, 0.5) is 0 Å². The fourth-order valence-electron chi connectivity index (χ4n) is 1.70. The third kappa shape index (κ3) is 2.77. The van der Waals surface area contributed by atoms with Crippen LogP contribution in [-0.4, -0.2) is 22.7 Å². The molecule has 1 saturated carbocycles. The first-order valence-corrected chi connectivity index (χ1v) is 7.07. The van der Waals surface area contributed by atoms with E-state index in [0.29, 0.717) is 11.9 Å². The van der Waals surface area contributed by atoms with Gasteiger partial charge in [-0.05, 0) is 35.2 Å². The zero-order valence-corrected chi connectivity index (χ0v) is 10.9. The van der Waals surface area contributed by atoms with Crippen molar-refractivity contribution in [1.82, 2.24) is 4.90 Å². The van der Waals surface area contributed by atoms with Gasteiger partial charge in [-0.3, -0.25) is 4.79 Å². The van der Waals surface area contributed by atoms with E-state index in [-0.39, 0.29) is 11.8 Å². The molecule has 1 aromatic rings. The average Bonchev–Trinajstić information content (AvgIpc) is 3.01. The molecular formula is C12H16ClNOS. The van der Waals surface area contributed by atoms with Crippen LogP contribution in [0.5, 0.6) is 0 Å². The Labute approximate surface area is 105 Å². The normalized spacial score (nSPS) is 17.1. The summed E-state index contributed by atoms with van der Waals surface area (Å²) in [6.07, 6.45) is 2.29. The van der Waals surface area contributed by atoms with Crippen molar-refractivity contribution in [3.63, 3.8) is 0 Å². The van der Waals surface area contributed by atoms with Crippen molar-refractivity contribution in [2.75, 3.05) is 5.88 Å². The van der Waals surface area contributed by atoms with Gasteiger partial charge in [0, 0.05) is 24.4 Å². The fourth-order valence-corrected chi connectivity index (χ4v) is 2.49. The molecule has 1 aliphatic rings. The van der Waals surface area contributed by atoms with Crippen molar-refractivity contribution >= 4 is 28.8 Å². The number of hydrogen-bond donors (Lipinski definition) is 0. The quantitative estimate of drug-likeness (QED) is 0.743. The summed E-state index contributed by atoms with van der Waals surface area (Å²) < 4.78 is 0. The average molecular weight is 258 g/mol. The molecule has 1 atom stereocenters. The van der Waals surface area contributed by atoms with Gasteiger partial charge in [-0.1, -0.05) is 6.92 Å². The number of rotatable bonds is 5. The van der Waals surface area contributed by atoms with Gasteiger partial charge in [-0.25, -0.2) is 0 Å². The van der Waals surface area contributed by atoms with E-state index in [0.717, 1.165) is 19.4 Å². The lowest BCUT2D eigenvalue weighted by molar-refractivity contribution is -0.135. The number of halogens is 1. The van der Waals surface area contributed by atoms with E-state index in [9.17, 15) is 4.79 Å². The van der Waals surface area contributed by atoms with Crippen molar-refractivity contribution < 1.29 is 4.79 Å². The van der Waals surface area contributed by atoms with Gasteiger partial charge in [0.05, 0.1) is 0 Å². The summed E-state index contributed by atoms with van der Waals surface area (Å²) in [5.74, 6) is 0.538. The van der Waals surface area contributed by atoms with E-state index < -0.39 is 0 Å². The van der Waals surface area contributed by atoms with Gasteiger partial charge in [0.15, 0.2) is 0 Å². The number of amides is 1. The second-order valence-electron chi connectivity index (χ2n) is 4.38. The first-order chi connectivity index (χ1) is 7.72. The van der Waals surface area contributed by atoms with E-state index in [4.69, 9.17) is 11.6 Å². The molecule has 16 heavy (non-hydrogen) atoms. The van der Waals surface area contributed by atoms with E-state index in [2.05, 4.69) is 16.8 Å².